The molecule has 0 aromatic heterocycles. The zero-order valence-electron chi connectivity index (χ0n) is 10.2. The van der Waals surface area contributed by atoms with Crippen molar-refractivity contribution in [1.29, 1.82) is 5.26 Å². The van der Waals surface area contributed by atoms with Gasteiger partial charge in [0.2, 0.25) is 0 Å². The average molecular weight is 268 g/mol. The summed E-state index contributed by atoms with van der Waals surface area (Å²) in [6, 6.07) is 6.45. The molecule has 0 saturated heterocycles. The molecule has 4 heteroatoms. The molecular weight excluding hydrogens is 253 g/mol. The molecule has 1 aromatic carbocycles. The molecule has 1 aliphatic carbocycles. The first kappa shape index (κ1) is 13.3. The van der Waals surface area contributed by atoms with Crippen LogP contribution in [-0.4, -0.2) is 5.11 Å². The minimum Gasteiger partial charge on any atom is -0.387 e. The topological polar surface area (TPSA) is 44.0 Å². The van der Waals surface area contributed by atoms with Gasteiger partial charge in [-0.1, -0.05) is 24.6 Å². The lowest BCUT2D eigenvalue weighted by Crippen LogP contribution is -2.24. The number of aliphatic hydroxyl groups is 1. The molecular formula is C14H15ClFNO. The van der Waals surface area contributed by atoms with Gasteiger partial charge in [0, 0.05) is 0 Å². The van der Waals surface area contributed by atoms with E-state index in [4.69, 9.17) is 11.6 Å². The van der Waals surface area contributed by atoms with Crippen molar-refractivity contribution >= 4 is 11.6 Å². The van der Waals surface area contributed by atoms with Crippen LogP contribution in [0, 0.1) is 28.5 Å². The second-order valence-electron chi connectivity index (χ2n) is 5.19. The summed E-state index contributed by atoms with van der Waals surface area (Å²) in [5, 5.41) is 19.8. The van der Waals surface area contributed by atoms with Gasteiger partial charge in [0.25, 0.3) is 0 Å². The predicted octanol–water partition coefficient (Wildman–Crippen LogP) is 3.84. The van der Waals surface area contributed by atoms with Crippen molar-refractivity contribution in [2.45, 2.75) is 32.3 Å². The molecule has 1 aliphatic rings. The summed E-state index contributed by atoms with van der Waals surface area (Å²) in [6.45, 7) is 2.06. The third-order valence-corrected chi connectivity index (χ3v) is 4.11. The Hall–Kier alpha value is -1.11. The van der Waals surface area contributed by atoms with Crippen LogP contribution in [0.2, 0.25) is 5.02 Å². The Kier molecular flexibility index (Phi) is 3.61. The second kappa shape index (κ2) is 4.87. The van der Waals surface area contributed by atoms with Crippen molar-refractivity contribution in [2.75, 3.05) is 0 Å². The van der Waals surface area contributed by atoms with Crippen LogP contribution in [0.5, 0.6) is 0 Å². The first-order valence-corrected chi connectivity index (χ1v) is 6.40. The predicted molar refractivity (Wildman–Crippen MR) is 67.4 cm³/mol. The van der Waals surface area contributed by atoms with Crippen LogP contribution in [0.4, 0.5) is 4.39 Å². The lowest BCUT2D eigenvalue weighted by molar-refractivity contribution is 0.0644. The first-order valence-electron chi connectivity index (χ1n) is 6.03. The zero-order chi connectivity index (χ0) is 13.3. The van der Waals surface area contributed by atoms with Crippen LogP contribution in [0.3, 0.4) is 0 Å². The highest BCUT2D eigenvalue weighted by Crippen LogP contribution is 2.49. The first-order chi connectivity index (χ1) is 8.48. The minimum atomic E-state index is -0.959. The molecule has 0 amide bonds. The van der Waals surface area contributed by atoms with E-state index < -0.39 is 17.3 Å². The van der Waals surface area contributed by atoms with E-state index >= 15 is 0 Å². The van der Waals surface area contributed by atoms with Crippen molar-refractivity contribution in [3.05, 3.63) is 34.6 Å². The van der Waals surface area contributed by atoms with Crippen molar-refractivity contribution in [2.24, 2.45) is 11.3 Å². The van der Waals surface area contributed by atoms with Crippen molar-refractivity contribution < 1.29 is 9.50 Å². The standard InChI is InChI=1S/C14H15ClFNO/c1-9-4-5-14(7-9,8-17)13(18)10-2-3-11(15)12(16)6-10/h2-3,6,9,13,18H,4-5,7H2,1H3. The van der Waals surface area contributed by atoms with Crippen LogP contribution in [0.15, 0.2) is 18.2 Å². The van der Waals surface area contributed by atoms with E-state index in [1.807, 2.05) is 0 Å². The maximum absolute atomic E-state index is 13.4. The Morgan fingerprint density at radius 1 is 1.61 bits per heavy atom. The number of rotatable bonds is 2. The zero-order valence-corrected chi connectivity index (χ0v) is 10.9. The summed E-state index contributed by atoms with van der Waals surface area (Å²) < 4.78 is 13.4. The highest BCUT2D eigenvalue weighted by molar-refractivity contribution is 6.30. The van der Waals surface area contributed by atoms with Gasteiger partial charge in [-0.25, -0.2) is 4.39 Å². The smallest absolute Gasteiger partial charge is 0.142 e. The third kappa shape index (κ3) is 2.23. The molecule has 18 heavy (non-hydrogen) atoms. The Balaban J connectivity index is 2.32. The number of nitrogens with zero attached hydrogens (tertiary/aromatic N) is 1. The normalized spacial score (nSPS) is 28.9. The van der Waals surface area contributed by atoms with Gasteiger partial charge in [-0.3, -0.25) is 0 Å². The number of hydrogen-bond acceptors (Lipinski definition) is 2. The molecule has 0 spiro atoms. The number of hydrogen-bond donors (Lipinski definition) is 1. The number of aliphatic hydroxyl groups excluding tert-OH is 1. The van der Waals surface area contributed by atoms with Crippen molar-refractivity contribution in [1.82, 2.24) is 0 Å². The molecule has 96 valence electrons. The molecule has 1 saturated carbocycles. The molecule has 1 aromatic rings. The van der Waals surface area contributed by atoms with Gasteiger partial charge in [-0.05, 0) is 42.9 Å². The van der Waals surface area contributed by atoms with Crippen LogP contribution in [0.25, 0.3) is 0 Å². The summed E-state index contributed by atoms with van der Waals surface area (Å²) in [5.41, 5.74) is -0.368. The fraction of sp³-hybridized carbons (Fsp3) is 0.500. The SMILES string of the molecule is CC1CCC(C#N)(C(O)c2ccc(Cl)c(F)c2)C1. The van der Waals surface area contributed by atoms with Crippen LogP contribution >= 0.6 is 11.6 Å². The Morgan fingerprint density at radius 2 is 2.33 bits per heavy atom. The second-order valence-corrected chi connectivity index (χ2v) is 5.60. The maximum atomic E-state index is 13.4. The van der Waals surface area contributed by atoms with E-state index in [0.29, 0.717) is 24.3 Å². The van der Waals surface area contributed by atoms with E-state index in [2.05, 4.69) is 13.0 Å². The lowest BCUT2D eigenvalue weighted by atomic mass is 9.78. The monoisotopic (exact) mass is 267 g/mol. The lowest BCUT2D eigenvalue weighted by Gasteiger charge is -2.27. The number of halogens is 2. The summed E-state index contributed by atoms with van der Waals surface area (Å²) >= 11 is 5.62. The molecule has 2 nitrogen and oxygen atoms in total. The van der Waals surface area contributed by atoms with E-state index in [-0.39, 0.29) is 5.02 Å². The van der Waals surface area contributed by atoms with Gasteiger partial charge in [0.05, 0.1) is 22.6 Å². The maximum Gasteiger partial charge on any atom is 0.142 e. The van der Waals surface area contributed by atoms with E-state index in [1.165, 1.54) is 12.1 Å². The molecule has 0 aliphatic heterocycles. The molecule has 3 atom stereocenters. The van der Waals surface area contributed by atoms with E-state index in [0.717, 1.165) is 6.42 Å². The molecule has 0 heterocycles. The largest absolute Gasteiger partial charge is 0.387 e. The molecule has 1 N–H and O–H groups in total. The van der Waals surface area contributed by atoms with Gasteiger partial charge in [-0.15, -0.1) is 0 Å². The Labute approximate surface area is 111 Å². The number of nitriles is 1. The van der Waals surface area contributed by atoms with Crippen molar-refractivity contribution in [3.63, 3.8) is 0 Å². The molecule has 0 bridgehead atoms. The van der Waals surface area contributed by atoms with Gasteiger partial charge in [-0.2, -0.15) is 5.26 Å². The quantitative estimate of drug-likeness (QED) is 0.885. The van der Waals surface area contributed by atoms with Crippen molar-refractivity contribution in [3.8, 4) is 6.07 Å². The fourth-order valence-corrected chi connectivity index (χ4v) is 2.86. The fourth-order valence-electron chi connectivity index (χ4n) is 2.74. The Bertz CT molecular complexity index is 499. The van der Waals surface area contributed by atoms with E-state index in [9.17, 15) is 14.8 Å². The van der Waals surface area contributed by atoms with Gasteiger partial charge in [0.15, 0.2) is 0 Å². The van der Waals surface area contributed by atoms with Crippen LogP contribution in [-0.2, 0) is 0 Å². The summed E-state index contributed by atoms with van der Waals surface area (Å²) in [4.78, 5) is 0. The van der Waals surface area contributed by atoms with Gasteiger partial charge >= 0.3 is 0 Å². The summed E-state index contributed by atoms with van der Waals surface area (Å²) in [7, 11) is 0. The molecule has 1 fully saturated rings. The number of benzene rings is 1. The average Bonchev–Trinajstić information content (AvgIpc) is 2.75. The molecule has 2 rings (SSSR count). The van der Waals surface area contributed by atoms with Crippen LogP contribution < -0.4 is 0 Å². The highest BCUT2D eigenvalue weighted by atomic mass is 35.5. The van der Waals surface area contributed by atoms with Gasteiger partial charge < -0.3 is 5.11 Å². The minimum absolute atomic E-state index is 0.0248. The van der Waals surface area contributed by atoms with Gasteiger partial charge in [0.1, 0.15) is 5.82 Å². The molecule has 0 radical (unpaired) electrons. The Morgan fingerprint density at radius 3 is 2.83 bits per heavy atom. The third-order valence-electron chi connectivity index (χ3n) is 3.80. The van der Waals surface area contributed by atoms with E-state index in [1.54, 1.807) is 6.07 Å². The van der Waals surface area contributed by atoms with Crippen LogP contribution in [0.1, 0.15) is 37.9 Å². The summed E-state index contributed by atoms with van der Waals surface area (Å²) in [6.07, 6.45) is 1.25. The highest BCUT2D eigenvalue weighted by Gasteiger charge is 2.44. The molecule has 3 unspecified atom stereocenters. The summed E-state index contributed by atoms with van der Waals surface area (Å²) in [5.74, 6) is -0.149.